The molecule has 0 fully saturated rings. The molecule has 3 rings (SSSR count). The topological polar surface area (TPSA) is 80.6 Å². The van der Waals surface area contributed by atoms with Crippen molar-refractivity contribution in [1.29, 1.82) is 0 Å². The number of ether oxygens (including phenoxy) is 1. The van der Waals surface area contributed by atoms with Crippen molar-refractivity contribution in [2.45, 2.75) is 41.2 Å². The molecule has 0 atom stereocenters. The van der Waals surface area contributed by atoms with E-state index >= 15 is 0 Å². The number of hydrogen-bond donors (Lipinski definition) is 3. The highest BCUT2D eigenvalue weighted by Gasteiger charge is 2.18. The van der Waals surface area contributed by atoms with Gasteiger partial charge in [0, 0.05) is 17.5 Å². The number of anilines is 3. The molecule has 7 nitrogen and oxygen atoms in total. The molecule has 160 valence electrons. The Balaban J connectivity index is 2.09. The van der Waals surface area contributed by atoms with E-state index in [1.807, 2.05) is 18.2 Å². The number of aryl methyl sites for hydroxylation is 2. The lowest BCUT2D eigenvalue weighted by Gasteiger charge is -2.17. The second kappa shape index (κ2) is 9.40. The van der Waals surface area contributed by atoms with E-state index in [2.05, 4.69) is 38.3 Å². The summed E-state index contributed by atoms with van der Waals surface area (Å²) in [7, 11) is 1.63. The Morgan fingerprint density at radius 3 is 2.57 bits per heavy atom. The highest BCUT2D eigenvalue weighted by atomic mass is 32.1. The largest absolute Gasteiger partial charge is 0.495 e. The summed E-state index contributed by atoms with van der Waals surface area (Å²) in [6.07, 6.45) is 0. The standard InChI is InChI=1S/C22H29N5O2S/c1-7-27(8-2)12-19-25-21(20-13(3)14(4)30-22(20)26-19)24-17-11-16(23-15(5)28)9-10-18(17)29-6/h9-11H,7-8,12H2,1-6H3,(H,23,28)(H,24,25,26)/p+1. The minimum Gasteiger partial charge on any atom is -0.495 e. The number of nitrogens with one attached hydrogen (secondary N) is 3. The predicted molar refractivity (Wildman–Crippen MR) is 123 cm³/mol. The summed E-state index contributed by atoms with van der Waals surface area (Å²) in [5, 5.41) is 7.30. The molecule has 1 aromatic carbocycles. The Kier molecular flexibility index (Phi) is 6.89. The Morgan fingerprint density at radius 2 is 1.93 bits per heavy atom. The van der Waals surface area contributed by atoms with Crippen LogP contribution in [0.3, 0.4) is 0 Å². The van der Waals surface area contributed by atoms with Crippen LogP contribution in [0, 0.1) is 13.8 Å². The van der Waals surface area contributed by atoms with Gasteiger partial charge in [-0.25, -0.2) is 9.97 Å². The second-order valence-corrected chi connectivity index (χ2v) is 8.51. The van der Waals surface area contributed by atoms with E-state index in [4.69, 9.17) is 14.7 Å². The molecule has 0 aliphatic rings. The number of methoxy groups -OCH3 is 1. The SMILES string of the molecule is CC[NH+](CC)Cc1nc(Nc2cc(NC(C)=O)ccc2OC)c2c(C)c(C)sc2n1. The van der Waals surface area contributed by atoms with E-state index in [0.717, 1.165) is 47.2 Å². The van der Waals surface area contributed by atoms with Crippen LogP contribution < -0.4 is 20.3 Å². The lowest BCUT2D eigenvalue weighted by molar-refractivity contribution is -0.910. The zero-order chi connectivity index (χ0) is 21.8. The first kappa shape index (κ1) is 22.0. The van der Waals surface area contributed by atoms with Crippen LogP contribution in [0.25, 0.3) is 10.2 Å². The first-order valence-corrected chi connectivity index (χ1v) is 11.0. The molecule has 0 aliphatic heterocycles. The molecule has 0 saturated carbocycles. The summed E-state index contributed by atoms with van der Waals surface area (Å²) in [5.74, 6) is 2.14. The summed E-state index contributed by atoms with van der Waals surface area (Å²) < 4.78 is 5.53. The molecule has 0 unspecified atom stereocenters. The maximum Gasteiger partial charge on any atom is 0.221 e. The van der Waals surface area contributed by atoms with E-state index in [0.29, 0.717) is 11.4 Å². The highest BCUT2D eigenvalue weighted by molar-refractivity contribution is 7.18. The Bertz CT molecular complexity index is 1060. The van der Waals surface area contributed by atoms with Gasteiger partial charge in [0.1, 0.15) is 22.9 Å². The third kappa shape index (κ3) is 4.71. The number of carbonyl (C=O) groups is 1. The van der Waals surface area contributed by atoms with Gasteiger partial charge in [0.25, 0.3) is 0 Å². The van der Waals surface area contributed by atoms with Gasteiger partial charge >= 0.3 is 0 Å². The van der Waals surface area contributed by atoms with Crippen LogP contribution in [0.5, 0.6) is 5.75 Å². The normalized spacial score (nSPS) is 11.2. The first-order valence-electron chi connectivity index (χ1n) is 10.2. The van der Waals surface area contributed by atoms with Crippen molar-refractivity contribution in [1.82, 2.24) is 9.97 Å². The quantitative estimate of drug-likeness (QED) is 0.512. The third-order valence-corrected chi connectivity index (χ3v) is 6.36. The van der Waals surface area contributed by atoms with Gasteiger partial charge in [0.2, 0.25) is 5.91 Å². The van der Waals surface area contributed by atoms with Gasteiger partial charge in [-0.2, -0.15) is 0 Å². The zero-order valence-corrected chi connectivity index (χ0v) is 19.3. The Morgan fingerprint density at radius 1 is 1.20 bits per heavy atom. The van der Waals surface area contributed by atoms with E-state index < -0.39 is 0 Å². The van der Waals surface area contributed by atoms with E-state index in [9.17, 15) is 4.79 Å². The molecule has 2 heterocycles. The summed E-state index contributed by atoms with van der Waals surface area (Å²) in [5.41, 5.74) is 2.62. The fourth-order valence-electron chi connectivity index (χ4n) is 3.40. The molecule has 8 heteroatoms. The number of thiophene rings is 1. The summed E-state index contributed by atoms with van der Waals surface area (Å²) >= 11 is 1.69. The van der Waals surface area contributed by atoms with Crippen molar-refractivity contribution < 1.29 is 14.4 Å². The van der Waals surface area contributed by atoms with E-state index in [1.165, 1.54) is 22.3 Å². The molecule has 30 heavy (non-hydrogen) atoms. The van der Waals surface area contributed by atoms with Crippen molar-refractivity contribution in [2.24, 2.45) is 0 Å². The molecule has 3 N–H and O–H groups in total. The molecule has 2 aromatic heterocycles. The van der Waals surface area contributed by atoms with Crippen LogP contribution in [0.15, 0.2) is 18.2 Å². The van der Waals surface area contributed by atoms with Crippen LogP contribution >= 0.6 is 11.3 Å². The van der Waals surface area contributed by atoms with Crippen LogP contribution in [0.1, 0.15) is 37.0 Å². The minimum absolute atomic E-state index is 0.121. The average molecular weight is 429 g/mol. The van der Waals surface area contributed by atoms with Crippen molar-refractivity contribution in [3.63, 3.8) is 0 Å². The lowest BCUT2D eigenvalue weighted by Crippen LogP contribution is -3.10. The predicted octanol–water partition coefficient (Wildman–Crippen LogP) is 3.44. The summed E-state index contributed by atoms with van der Waals surface area (Å²) in [6, 6.07) is 5.51. The number of carbonyl (C=O) groups excluding carboxylic acids is 1. The van der Waals surface area contributed by atoms with Gasteiger partial charge in [0.15, 0.2) is 5.82 Å². The molecular weight excluding hydrogens is 398 g/mol. The molecule has 1 amide bonds. The van der Waals surface area contributed by atoms with Gasteiger partial charge in [0.05, 0.1) is 31.3 Å². The fourth-order valence-corrected chi connectivity index (χ4v) is 4.45. The first-order chi connectivity index (χ1) is 14.4. The van der Waals surface area contributed by atoms with E-state index in [1.54, 1.807) is 18.4 Å². The zero-order valence-electron chi connectivity index (χ0n) is 18.5. The van der Waals surface area contributed by atoms with Crippen molar-refractivity contribution in [3.05, 3.63) is 34.5 Å². The third-order valence-electron chi connectivity index (χ3n) is 5.26. The number of hydrogen-bond acceptors (Lipinski definition) is 6. The van der Waals surface area contributed by atoms with Crippen LogP contribution in [-0.4, -0.2) is 36.1 Å². The number of benzene rings is 1. The number of quaternary nitrogens is 1. The maximum atomic E-state index is 11.5. The molecule has 0 saturated heterocycles. The molecule has 0 aliphatic carbocycles. The van der Waals surface area contributed by atoms with E-state index in [-0.39, 0.29) is 5.91 Å². The summed E-state index contributed by atoms with van der Waals surface area (Å²) in [4.78, 5) is 24.9. The molecule has 0 spiro atoms. The van der Waals surface area contributed by atoms with Gasteiger partial charge in [-0.3, -0.25) is 4.79 Å². The van der Waals surface area contributed by atoms with Gasteiger partial charge in [-0.15, -0.1) is 11.3 Å². The number of rotatable bonds is 8. The second-order valence-electron chi connectivity index (χ2n) is 7.31. The van der Waals surface area contributed by atoms with Crippen molar-refractivity contribution in [3.8, 4) is 5.75 Å². The highest BCUT2D eigenvalue weighted by Crippen LogP contribution is 2.37. The van der Waals surface area contributed by atoms with Crippen molar-refractivity contribution >= 4 is 44.7 Å². The minimum atomic E-state index is -0.121. The van der Waals surface area contributed by atoms with Crippen molar-refractivity contribution in [2.75, 3.05) is 30.8 Å². The molecular formula is C22H30N5O2S+. The van der Waals surface area contributed by atoms with Gasteiger partial charge < -0.3 is 20.3 Å². The average Bonchev–Trinajstić information content (AvgIpc) is 2.99. The Hall–Kier alpha value is -2.71. The maximum absolute atomic E-state index is 11.5. The number of amides is 1. The molecule has 0 radical (unpaired) electrons. The fraction of sp³-hybridized carbons (Fsp3) is 0.409. The smallest absolute Gasteiger partial charge is 0.221 e. The van der Waals surface area contributed by atoms with Crippen LogP contribution in [0.4, 0.5) is 17.2 Å². The Labute approximate surface area is 181 Å². The lowest BCUT2D eigenvalue weighted by atomic mass is 10.2. The molecule has 3 aromatic rings. The number of aromatic nitrogens is 2. The molecule has 0 bridgehead atoms. The number of nitrogens with zero attached hydrogens (tertiary/aromatic N) is 2. The van der Waals surface area contributed by atoms with Crippen LogP contribution in [0.2, 0.25) is 0 Å². The van der Waals surface area contributed by atoms with Gasteiger partial charge in [-0.1, -0.05) is 0 Å². The van der Waals surface area contributed by atoms with Crippen LogP contribution in [-0.2, 0) is 11.3 Å². The monoisotopic (exact) mass is 428 g/mol. The summed E-state index contributed by atoms with van der Waals surface area (Å²) in [6.45, 7) is 12.9. The van der Waals surface area contributed by atoms with Gasteiger partial charge in [-0.05, 0) is 51.5 Å². The number of fused-ring (bicyclic) bond motifs is 1.